The first-order valence-electron chi connectivity index (χ1n) is 7.61. The quantitative estimate of drug-likeness (QED) is 0.815. The van der Waals surface area contributed by atoms with Gasteiger partial charge >= 0.3 is 0 Å². The van der Waals surface area contributed by atoms with Crippen LogP contribution in [-0.2, 0) is 4.79 Å². The minimum atomic E-state index is -0.0790. The normalized spacial score (nSPS) is 23.1. The average molecular weight is 252 g/mol. The van der Waals surface area contributed by atoms with E-state index in [-0.39, 0.29) is 5.41 Å². The molecule has 0 aromatic carbocycles. The average Bonchev–Trinajstić information content (AvgIpc) is 3.19. The SMILES string of the molecule is CCC1(C(=O)N(CC2CC2)C(C)C)CCNCC1. The maximum absolute atomic E-state index is 13.0. The van der Waals surface area contributed by atoms with Gasteiger partial charge in [-0.1, -0.05) is 6.92 Å². The van der Waals surface area contributed by atoms with Crippen LogP contribution in [0.4, 0.5) is 0 Å². The summed E-state index contributed by atoms with van der Waals surface area (Å²) in [5, 5.41) is 3.38. The summed E-state index contributed by atoms with van der Waals surface area (Å²) >= 11 is 0. The minimum absolute atomic E-state index is 0.0790. The second-order valence-corrected chi connectivity index (χ2v) is 6.38. The van der Waals surface area contributed by atoms with Crippen molar-refractivity contribution in [3.63, 3.8) is 0 Å². The summed E-state index contributed by atoms with van der Waals surface area (Å²) in [7, 11) is 0. The van der Waals surface area contributed by atoms with Crippen LogP contribution in [-0.4, -0.2) is 36.5 Å². The molecule has 2 fully saturated rings. The Kier molecular flexibility index (Phi) is 4.31. The summed E-state index contributed by atoms with van der Waals surface area (Å²) in [6, 6.07) is 0.344. The molecule has 104 valence electrons. The first-order chi connectivity index (χ1) is 8.59. The Balaban J connectivity index is 2.08. The lowest BCUT2D eigenvalue weighted by atomic mass is 9.75. The smallest absolute Gasteiger partial charge is 0.229 e. The molecule has 18 heavy (non-hydrogen) atoms. The number of rotatable bonds is 5. The number of hydrogen-bond donors (Lipinski definition) is 1. The van der Waals surface area contributed by atoms with Crippen LogP contribution in [0.1, 0.15) is 52.9 Å². The zero-order valence-electron chi connectivity index (χ0n) is 12.2. The molecule has 0 bridgehead atoms. The maximum atomic E-state index is 13.0. The third-order valence-electron chi connectivity index (χ3n) is 4.73. The molecule has 2 rings (SSSR count). The lowest BCUT2D eigenvalue weighted by Crippen LogP contribution is -2.51. The second-order valence-electron chi connectivity index (χ2n) is 6.38. The lowest BCUT2D eigenvalue weighted by Gasteiger charge is -2.41. The summed E-state index contributed by atoms with van der Waals surface area (Å²) < 4.78 is 0. The summed E-state index contributed by atoms with van der Waals surface area (Å²) in [5.41, 5.74) is -0.0790. The first kappa shape index (κ1) is 13.9. The Morgan fingerprint density at radius 1 is 1.33 bits per heavy atom. The number of piperidine rings is 1. The van der Waals surface area contributed by atoms with Gasteiger partial charge in [0.2, 0.25) is 5.91 Å². The van der Waals surface area contributed by atoms with Gasteiger partial charge < -0.3 is 10.2 Å². The van der Waals surface area contributed by atoms with Crippen molar-refractivity contribution in [2.24, 2.45) is 11.3 Å². The fraction of sp³-hybridized carbons (Fsp3) is 0.933. The molecule has 0 aromatic rings. The van der Waals surface area contributed by atoms with E-state index in [2.05, 4.69) is 31.0 Å². The van der Waals surface area contributed by atoms with E-state index >= 15 is 0 Å². The molecule has 2 aliphatic rings. The Bertz CT molecular complexity index is 291. The van der Waals surface area contributed by atoms with E-state index in [1.165, 1.54) is 12.8 Å². The predicted octanol–water partition coefficient (Wildman–Crippen LogP) is 2.41. The van der Waals surface area contributed by atoms with E-state index in [1.807, 2.05) is 0 Å². The van der Waals surface area contributed by atoms with Crippen LogP contribution in [0.5, 0.6) is 0 Å². The van der Waals surface area contributed by atoms with Crippen molar-refractivity contribution in [1.82, 2.24) is 10.2 Å². The molecule has 0 radical (unpaired) electrons. The topological polar surface area (TPSA) is 32.3 Å². The van der Waals surface area contributed by atoms with E-state index in [1.54, 1.807) is 0 Å². The van der Waals surface area contributed by atoms with Gasteiger partial charge in [0.1, 0.15) is 0 Å². The van der Waals surface area contributed by atoms with Gasteiger partial charge in [-0.25, -0.2) is 0 Å². The van der Waals surface area contributed by atoms with E-state index in [4.69, 9.17) is 0 Å². The molecule has 1 saturated carbocycles. The maximum Gasteiger partial charge on any atom is 0.229 e. The van der Waals surface area contributed by atoms with Gasteiger partial charge in [-0.15, -0.1) is 0 Å². The second kappa shape index (κ2) is 5.60. The molecule has 1 N–H and O–H groups in total. The standard InChI is InChI=1S/C15H28N2O/c1-4-15(7-9-16-10-8-15)14(18)17(12(2)3)11-13-5-6-13/h12-13,16H,4-11H2,1-3H3. The van der Waals surface area contributed by atoms with E-state index < -0.39 is 0 Å². The Labute approximate surface area is 111 Å². The summed E-state index contributed by atoms with van der Waals surface area (Å²) in [5.74, 6) is 1.21. The van der Waals surface area contributed by atoms with E-state index in [0.717, 1.165) is 44.8 Å². The van der Waals surface area contributed by atoms with Crippen molar-refractivity contribution in [1.29, 1.82) is 0 Å². The fourth-order valence-electron chi connectivity index (χ4n) is 3.04. The highest BCUT2D eigenvalue weighted by molar-refractivity contribution is 5.83. The van der Waals surface area contributed by atoms with Gasteiger partial charge in [0.25, 0.3) is 0 Å². The van der Waals surface area contributed by atoms with Gasteiger partial charge in [0.15, 0.2) is 0 Å². The zero-order chi connectivity index (χ0) is 13.2. The number of carbonyl (C=O) groups is 1. The molecule has 0 atom stereocenters. The van der Waals surface area contributed by atoms with Crippen molar-refractivity contribution in [3.8, 4) is 0 Å². The summed E-state index contributed by atoms with van der Waals surface area (Å²) in [4.78, 5) is 15.1. The number of carbonyl (C=O) groups excluding carboxylic acids is 1. The van der Waals surface area contributed by atoms with E-state index in [9.17, 15) is 4.79 Å². The van der Waals surface area contributed by atoms with Crippen molar-refractivity contribution in [2.75, 3.05) is 19.6 Å². The van der Waals surface area contributed by atoms with Crippen LogP contribution in [0, 0.1) is 11.3 Å². The predicted molar refractivity (Wildman–Crippen MR) is 74.4 cm³/mol. The highest BCUT2D eigenvalue weighted by Crippen LogP contribution is 2.37. The molecule has 0 unspecified atom stereocenters. The molecular weight excluding hydrogens is 224 g/mol. The molecule has 0 spiro atoms. The van der Waals surface area contributed by atoms with Crippen LogP contribution >= 0.6 is 0 Å². The molecule has 3 nitrogen and oxygen atoms in total. The molecule has 3 heteroatoms. The monoisotopic (exact) mass is 252 g/mol. The number of nitrogens with one attached hydrogen (secondary N) is 1. The van der Waals surface area contributed by atoms with Gasteiger partial charge in [0, 0.05) is 12.6 Å². The summed E-state index contributed by atoms with van der Waals surface area (Å²) in [6.45, 7) is 9.48. The van der Waals surface area contributed by atoms with Crippen molar-refractivity contribution in [3.05, 3.63) is 0 Å². The molecule has 1 amide bonds. The van der Waals surface area contributed by atoms with Crippen LogP contribution in [0.2, 0.25) is 0 Å². The third-order valence-corrected chi connectivity index (χ3v) is 4.73. The Morgan fingerprint density at radius 2 is 1.94 bits per heavy atom. The van der Waals surface area contributed by atoms with Crippen LogP contribution in [0.3, 0.4) is 0 Å². The number of hydrogen-bond acceptors (Lipinski definition) is 2. The Morgan fingerprint density at radius 3 is 2.39 bits per heavy atom. The largest absolute Gasteiger partial charge is 0.340 e. The zero-order valence-corrected chi connectivity index (χ0v) is 12.2. The van der Waals surface area contributed by atoms with Gasteiger partial charge in [-0.3, -0.25) is 4.79 Å². The minimum Gasteiger partial charge on any atom is -0.340 e. The van der Waals surface area contributed by atoms with Crippen molar-refractivity contribution in [2.45, 2.75) is 58.9 Å². The fourth-order valence-corrected chi connectivity index (χ4v) is 3.04. The molecule has 1 saturated heterocycles. The van der Waals surface area contributed by atoms with Crippen LogP contribution in [0.15, 0.2) is 0 Å². The Hall–Kier alpha value is -0.570. The molecule has 1 aliphatic carbocycles. The number of nitrogens with zero attached hydrogens (tertiary/aromatic N) is 1. The molecule has 1 aliphatic heterocycles. The molecule has 0 aromatic heterocycles. The highest BCUT2D eigenvalue weighted by atomic mass is 16.2. The van der Waals surface area contributed by atoms with Crippen LogP contribution in [0.25, 0.3) is 0 Å². The molecule has 1 heterocycles. The van der Waals surface area contributed by atoms with Crippen LogP contribution < -0.4 is 5.32 Å². The third kappa shape index (κ3) is 2.87. The first-order valence-corrected chi connectivity index (χ1v) is 7.61. The van der Waals surface area contributed by atoms with Gasteiger partial charge in [-0.2, -0.15) is 0 Å². The van der Waals surface area contributed by atoms with Crippen molar-refractivity contribution < 1.29 is 4.79 Å². The van der Waals surface area contributed by atoms with Gasteiger partial charge in [0.05, 0.1) is 5.41 Å². The van der Waals surface area contributed by atoms with Crippen molar-refractivity contribution >= 4 is 5.91 Å². The number of amides is 1. The van der Waals surface area contributed by atoms with E-state index in [0.29, 0.717) is 11.9 Å². The highest BCUT2D eigenvalue weighted by Gasteiger charge is 2.42. The molecular formula is C15H28N2O. The summed E-state index contributed by atoms with van der Waals surface area (Å²) in [6.07, 6.45) is 5.64. The lowest BCUT2D eigenvalue weighted by molar-refractivity contribution is -0.146. The van der Waals surface area contributed by atoms with Gasteiger partial charge in [-0.05, 0) is 65.0 Å².